The van der Waals surface area contributed by atoms with E-state index in [0.717, 1.165) is 6.42 Å². The van der Waals surface area contributed by atoms with Gasteiger partial charge < -0.3 is 10.1 Å². The highest BCUT2D eigenvalue weighted by Gasteiger charge is 2.43. The Morgan fingerprint density at radius 2 is 1.68 bits per heavy atom. The molecule has 1 saturated carbocycles. The highest BCUT2D eigenvalue weighted by molar-refractivity contribution is 5.89. The van der Waals surface area contributed by atoms with Crippen molar-refractivity contribution in [2.75, 3.05) is 0 Å². The first-order valence-corrected chi connectivity index (χ1v) is 11.4. The molecule has 9 heteroatoms. The van der Waals surface area contributed by atoms with Crippen LogP contribution < -0.4 is 10.1 Å². The van der Waals surface area contributed by atoms with Crippen molar-refractivity contribution in [3.8, 4) is 5.75 Å². The van der Waals surface area contributed by atoms with Crippen molar-refractivity contribution in [2.45, 2.75) is 83.3 Å². The minimum atomic E-state index is -4.72. The standard InChI is InChI=1S/C25H29F6NO2/c1-4-13-23(3,32-15(2)33)18-8-11-20-16(14-18)5-12-21(22(20)25(29,30)31)34-19-9-6-17(7-10-19)24(26,27)28/h5,8,11-12,14,17,19H,4,6-7,9-10,13H2,1-3H3,(H,32,33). The van der Waals surface area contributed by atoms with E-state index in [-0.39, 0.29) is 42.7 Å². The Balaban J connectivity index is 1.96. The lowest BCUT2D eigenvalue weighted by Crippen LogP contribution is -2.42. The Hall–Kier alpha value is -2.45. The van der Waals surface area contributed by atoms with Gasteiger partial charge in [0.25, 0.3) is 0 Å². The van der Waals surface area contributed by atoms with E-state index < -0.39 is 35.5 Å². The third-order valence-corrected chi connectivity index (χ3v) is 6.53. The summed E-state index contributed by atoms with van der Waals surface area (Å²) in [4.78, 5) is 11.7. The molecule has 0 aromatic heterocycles. The van der Waals surface area contributed by atoms with Gasteiger partial charge in [0.05, 0.1) is 17.6 Å². The molecule has 1 aliphatic carbocycles. The Bertz CT molecular complexity index is 1020. The van der Waals surface area contributed by atoms with E-state index in [1.54, 1.807) is 12.1 Å². The van der Waals surface area contributed by atoms with Crippen LogP contribution in [0.1, 0.15) is 70.4 Å². The van der Waals surface area contributed by atoms with Gasteiger partial charge in [-0.15, -0.1) is 0 Å². The molecular formula is C25H29F6NO2. The second-order valence-corrected chi connectivity index (χ2v) is 9.27. The predicted octanol–water partition coefficient (Wildman–Crippen LogP) is 7.51. The molecule has 3 nitrogen and oxygen atoms in total. The number of carbonyl (C=O) groups is 1. The maximum absolute atomic E-state index is 14.1. The normalized spacial score (nSPS) is 21.2. The Morgan fingerprint density at radius 3 is 2.21 bits per heavy atom. The van der Waals surface area contributed by atoms with Gasteiger partial charge in [-0.3, -0.25) is 4.79 Å². The van der Waals surface area contributed by atoms with Crippen molar-refractivity contribution in [3.63, 3.8) is 0 Å². The molecule has 0 bridgehead atoms. The summed E-state index contributed by atoms with van der Waals surface area (Å²) in [5, 5.41) is 3.18. The molecule has 3 rings (SSSR count). The van der Waals surface area contributed by atoms with Gasteiger partial charge in [0.15, 0.2) is 0 Å². The first-order valence-electron chi connectivity index (χ1n) is 11.4. The third-order valence-electron chi connectivity index (χ3n) is 6.53. The predicted molar refractivity (Wildman–Crippen MR) is 117 cm³/mol. The van der Waals surface area contributed by atoms with Crippen LogP contribution in [0, 0.1) is 5.92 Å². The fourth-order valence-corrected chi connectivity index (χ4v) is 4.90. The number of benzene rings is 2. The van der Waals surface area contributed by atoms with Crippen LogP contribution in [0.5, 0.6) is 5.75 Å². The largest absolute Gasteiger partial charge is 0.490 e. The first kappa shape index (κ1) is 26.2. The summed E-state index contributed by atoms with van der Waals surface area (Å²) in [5.74, 6) is -2.05. The van der Waals surface area contributed by atoms with Gasteiger partial charge in [0, 0.05) is 6.92 Å². The maximum atomic E-state index is 14.1. The second-order valence-electron chi connectivity index (χ2n) is 9.27. The van der Waals surface area contributed by atoms with Crippen LogP contribution in [0.3, 0.4) is 0 Å². The van der Waals surface area contributed by atoms with Gasteiger partial charge in [-0.25, -0.2) is 0 Å². The maximum Gasteiger partial charge on any atom is 0.420 e. The number of carbonyl (C=O) groups excluding carboxylic acids is 1. The molecule has 1 N–H and O–H groups in total. The number of hydrogen-bond donors (Lipinski definition) is 1. The zero-order valence-electron chi connectivity index (χ0n) is 19.4. The molecule has 0 heterocycles. The fourth-order valence-electron chi connectivity index (χ4n) is 4.90. The summed E-state index contributed by atoms with van der Waals surface area (Å²) in [6, 6.07) is 7.33. The van der Waals surface area contributed by atoms with Crippen molar-refractivity contribution >= 4 is 16.7 Å². The number of fused-ring (bicyclic) bond motifs is 1. The van der Waals surface area contributed by atoms with Crippen molar-refractivity contribution in [1.82, 2.24) is 5.32 Å². The van der Waals surface area contributed by atoms with Crippen LogP contribution in [0.25, 0.3) is 10.8 Å². The lowest BCUT2D eigenvalue weighted by Gasteiger charge is -2.32. The summed E-state index contributed by atoms with van der Waals surface area (Å²) in [6.45, 7) is 5.18. The highest BCUT2D eigenvalue weighted by Crippen LogP contribution is 2.44. The monoisotopic (exact) mass is 489 g/mol. The van der Waals surface area contributed by atoms with Crippen LogP contribution >= 0.6 is 0 Å². The number of halogens is 6. The molecule has 1 amide bonds. The van der Waals surface area contributed by atoms with E-state index in [0.29, 0.717) is 17.4 Å². The van der Waals surface area contributed by atoms with Crippen LogP contribution in [-0.4, -0.2) is 18.2 Å². The van der Waals surface area contributed by atoms with Gasteiger partial charge in [0.2, 0.25) is 5.91 Å². The molecule has 1 aliphatic rings. The van der Waals surface area contributed by atoms with Crippen LogP contribution in [0.2, 0.25) is 0 Å². The first-order chi connectivity index (χ1) is 15.7. The van der Waals surface area contributed by atoms with Crippen LogP contribution in [0.15, 0.2) is 30.3 Å². The lowest BCUT2D eigenvalue weighted by atomic mass is 9.85. The molecule has 34 heavy (non-hydrogen) atoms. The van der Waals surface area contributed by atoms with E-state index >= 15 is 0 Å². The van der Waals surface area contributed by atoms with Crippen LogP contribution in [0.4, 0.5) is 26.3 Å². The van der Waals surface area contributed by atoms with E-state index in [1.165, 1.54) is 25.1 Å². The molecule has 0 aliphatic heterocycles. The zero-order chi connectivity index (χ0) is 25.3. The topological polar surface area (TPSA) is 38.3 Å². The minimum absolute atomic E-state index is 0.0462. The summed E-state index contributed by atoms with van der Waals surface area (Å²) in [5.41, 5.74) is -0.991. The third kappa shape index (κ3) is 5.78. The molecule has 1 unspecified atom stereocenters. The van der Waals surface area contributed by atoms with Crippen molar-refractivity contribution < 1.29 is 35.9 Å². The van der Waals surface area contributed by atoms with E-state index in [1.807, 2.05) is 13.8 Å². The van der Waals surface area contributed by atoms with Gasteiger partial charge in [-0.05, 0) is 67.5 Å². The molecule has 1 atom stereocenters. The average molecular weight is 490 g/mol. The second kappa shape index (κ2) is 9.66. The number of amides is 1. The van der Waals surface area contributed by atoms with Crippen LogP contribution in [-0.2, 0) is 16.5 Å². The number of nitrogens with one attached hydrogen (secondary N) is 1. The molecular weight excluding hydrogens is 460 g/mol. The SMILES string of the molecule is CCCC(C)(NC(C)=O)c1ccc2c(C(F)(F)F)c(OC3CCC(C(F)(F)F)CC3)ccc2c1. The van der Waals surface area contributed by atoms with Gasteiger partial charge in [0.1, 0.15) is 11.3 Å². The van der Waals surface area contributed by atoms with E-state index in [9.17, 15) is 31.1 Å². The molecule has 2 aromatic carbocycles. The zero-order valence-corrected chi connectivity index (χ0v) is 19.4. The highest BCUT2D eigenvalue weighted by atomic mass is 19.4. The van der Waals surface area contributed by atoms with E-state index in [2.05, 4.69) is 5.32 Å². The van der Waals surface area contributed by atoms with Gasteiger partial charge >= 0.3 is 12.4 Å². The lowest BCUT2D eigenvalue weighted by molar-refractivity contribution is -0.185. The fraction of sp³-hybridized carbons (Fsp3) is 0.560. The average Bonchev–Trinajstić information content (AvgIpc) is 2.71. The number of ether oxygens (including phenoxy) is 1. The quantitative estimate of drug-likeness (QED) is 0.427. The summed E-state index contributed by atoms with van der Waals surface area (Å²) in [6.07, 6.45) is -8.59. The van der Waals surface area contributed by atoms with Gasteiger partial charge in [-0.1, -0.05) is 31.5 Å². The Kier molecular flexibility index (Phi) is 7.43. The molecule has 2 aromatic rings. The summed E-state index contributed by atoms with van der Waals surface area (Å²) in [7, 11) is 0. The number of hydrogen-bond acceptors (Lipinski definition) is 2. The van der Waals surface area contributed by atoms with E-state index in [4.69, 9.17) is 4.74 Å². The molecule has 1 fully saturated rings. The van der Waals surface area contributed by atoms with Crippen molar-refractivity contribution in [2.24, 2.45) is 5.92 Å². The smallest absolute Gasteiger partial charge is 0.420 e. The molecule has 0 radical (unpaired) electrons. The number of alkyl halides is 6. The van der Waals surface area contributed by atoms with Crippen molar-refractivity contribution in [3.05, 3.63) is 41.5 Å². The summed E-state index contributed by atoms with van der Waals surface area (Å²) >= 11 is 0. The number of rotatable bonds is 6. The molecule has 0 spiro atoms. The summed E-state index contributed by atoms with van der Waals surface area (Å²) < 4.78 is 86.6. The Labute approximate surface area is 194 Å². The van der Waals surface area contributed by atoms with Gasteiger partial charge in [-0.2, -0.15) is 26.3 Å². The minimum Gasteiger partial charge on any atom is -0.490 e. The molecule has 188 valence electrons. The molecule has 0 saturated heterocycles. The van der Waals surface area contributed by atoms with Crippen molar-refractivity contribution in [1.29, 1.82) is 0 Å². The Morgan fingerprint density at radius 1 is 1.03 bits per heavy atom.